The molecule has 0 atom stereocenters. The minimum absolute atomic E-state index is 0.0760. The van der Waals surface area contributed by atoms with Crippen LogP contribution in [0, 0.1) is 0 Å². The van der Waals surface area contributed by atoms with Gasteiger partial charge in [-0.05, 0) is 36.6 Å². The molecule has 0 saturated heterocycles. The van der Waals surface area contributed by atoms with Gasteiger partial charge in [0.2, 0.25) is 0 Å². The second-order valence-electron chi connectivity index (χ2n) is 4.95. The number of rotatable bonds is 9. The molecule has 3 nitrogen and oxygen atoms in total. The molecule has 2 rings (SSSR count). The predicted octanol–water partition coefficient (Wildman–Crippen LogP) is 4.16. The lowest BCUT2D eigenvalue weighted by molar-refractivity contribution is 0.257. The number of halogens is 1. The highest BCUT2D eigenvalue weighted by atomic mass is 35.5. The Hall–Kier alpha value is -1.71. The van der Waals surface area contributed by atoms with E-state index in [9.17, 15) is 5.11 Å². The van der Waals surface area contributed by atoms with Gasteiger partial charge < -0.3 is 14.6 Å². The summed E-state index contributed by atoms with van der Waals surface area (Å²) in [6.07, 6.45) is 1.83. The van der Waals surface area contributed by atoms with Gasteiger partial charge in [0.05, 0.1) is 13.2 Å². The van der Waals surface area contributed by atoms with Crippen LogP contribution in [0.25, 0.3) is 0 Å². The van der Waals surface area contributed by atoms with Crippen molar-refractivity contribution in [1.82, 2.24) is 0 Å². The van der Waals surface area contributed by atoms with Crippen molar-refractivity contribution in [3.8, 4) is 11.5 Å². The van der Waals surface area contributed by atoms with Gasteiger partial charge in [0.25, 0.3) is 0 Å². The molecule has 0 radical (unpaired) electrons. The summed E-state index contributed by atoms with van der Waals surface area (Å²) in [6.45, 7) is 1.03. The topological polar surface area (TPSA) is 38.7 Å². The average molecular weight is 321 g/mol. The van der Waals surface area contributed by atoms with Crippen LogP contribution in [0.1, 0.15) is 24.0 Å². The van der Waals surface area contributed by atoms with Crippen LogP contribution in [-0.4, -0.2) is 17.6 Å². The molecule has 4 heteroatoms. The van der Waals surface area contributed by atoms with E-state index >= 15 is 0 Å². The average Bonchev–Trinajstić information content (AvgIpc) is 2.58. The van der Waals surface area contributed by atoms with Crippen LogP contribution in [0.5, 0.6) is 11.5 Å². The minimum atomic E-state index is -0.0760. The lowest BCUT2D eigenvalue weighted by atomic mass is 10.2. The van der Waals surface area contributed by atoms with Crippen molar-refractivity contribution in [2.45, 2.75) is 26.1 Å². The maximum atomic E-state index is 9.47. The summed E-state index contributed by atoms with van der Waals surface area (Å²) >= 11 is 5.64. The van der Waals surface area contributed by atoms with Crippen LogP contribution in [-0.2, 0) is 13.2 Å². The zero-order chi connectivity index (χ0) is 15.6. The van der Waals surface area contributed by atoms with Crippen molar-refractivity contribution in [2.24, 2.45) is 0 Å². The van der Waals surface area contributed by atoms with E-state index in [-0.39, 0.29) is 6.61 Å². The van der Waals surface area contributed by atoms with Crippen LogP contribution in [0.4, 0.5) is 0 Å². The van der Waals surface area contributed by atoms with E-state index in [1.807, 2.05) is 48.5 Å². The Morgan fingerprint density at radius 2 is 1.77 bits per heavy atom. The van der Waals surface area contributed by atoms with Crippen LogP contribution in [0.2, 0.25) is 0 Å². The van der Waals surface area contributed by atoms with Crippen LogP contribution >= 0.6 is 11.6 Å². The summed E-state index contributed by atoms with van der Waals surface area (Å²) < 4.78 is 11.4. The second kappa shape index (κ2) is 9.34. The lowest BCUT2D eigenvalue weighted by Gasteiger charge is -2.12. The number of aliphatic hydroxyl groups excluding tert-OH is 1. The SMILES string of the molecule is OCc1cc(OCc2ccccc2)ccc1OCCCCCl. The Bertz CT molecular complexity index is 558. The number of hydrogen-bond donors (Lipinski definition) is 1. The molecule has 0 bridgehead atoms. The summed E-state index contributed by atoms with van der Waals surface area (Å²) in [5, 5.41) is 9.47. The summed E-state index contributed by atoms with van der Waals surface area (Å²) in [7, 11) is 0. The maximum absolute atomic E-state index is 9.47. The molecular formula is C18H21ClO3. The molecule has 0 heterocycles. The van der Waals surface area contributed by atoms with Crippen LogP contribution in [0.15, 0.2) is 48.5 Å². The third-order valence-electron chi connectivity index (χ3n) is 3.24. The molecule has 0 amide bonds. The molecule has 0 aliphatic rings. The second-order valence-corrected chi connectivity index (χ2v) is 5.32. The number of alkyl halides is 1. The van der Waals surface area contributed by atoms with Gasteiger partial charge >= 0.3 is 0 Å². The lowest BCUT2D eigenvalue weighted by Crippen LogP contribution is -2.02. The van der Waals surface area contributed by atoms with Gasteiger partial charge in [-0.3, -0.25) is 0 Å². The molecule has 2 aromatic carbocycles. The van der Waals surface area contributed by atoms with Gasteiger partial charge in [-0.1, -0.05) is 30.3 Å². The van der Waals surface area contributed by atoms with E-state index in [0.29, 0.717) is 24.8 Å². The summed E-state index contributed by atoms with van der Waals surface area (Å²) in [5.41, 5.74) is 1.84. The first kappa shape index (κ1) is 16.7. The van der Waals surface area contributed by atoms with Gasteiger partial charge in [0.15, 0.2) is 0 Å². The number of benzene rings is 2. The molecule has 0 aromatic heterocycles. The zero-order valence-corrected chi connectivity index (χ0v) is 13.3. The molecule has 0 saturated carbocycles. The van der Waals surface area contributed by atoms with Crippen LogP contribution in [0.3, 0.4) is 0 Å². The first-order valence-electron chi connectivity index (χ1n) is 7.42. The normalized spacial score (nSPS) is 10.5. The first-order chi connectivity index (χ1) is 10.8. The molecule has 22 heavy (non-hydrogen) atoms. The quantitative estimate of drug-likeness (QED) is 0.557. The zero-order valence-electron chi connectivity index (χ0n) is 12.5. The number of unbranched alkanes of at least 4 members (excludes halogenated alkanes) is 1. The molecule has 0 fully saturated rings. The number of aliphatic hydroxyl groups is 1. The van der Waals surface area contributed by atoms with Crippen molar-refractivity contribution >= 4 is 11.6 Å². The molecule has 118 valence electrons. The van der Waals surface area contributed by atoms with Crippen molar-refractivity contribution in [1.29, 1.82) is 0 Å². The molecular weight excluding hydrogens is 300 g/mol. The summed E-state index contributed by atoms with van der Waals surface area (Å²) in [4.78, 5) is 0. The Kier molecular flexibility index (Phi) is 7.07. The van der Waals surface area contributed by atoms with Crippen molar-refractivity contribution in [3.63, 3.8) is 0 Å². The van der Waals surface area contributed by atoms with Gasteiger partial charge in [-0.15, -0.1) is 11.6 Å². The highest BCUT2D eigenvalue weighted by Crippen LogP contribution is 2.25. The van der Waals surface area contributed by atoms with E-state index in [2.05, 4.69) is 0 Å². The Labute approximate surface area is 136 Å². The predicted molar refractivity (Wildman–Crippen MR) is 88.6 cm³/mol. The molecule has 0 aliphatic carbocycles. The molecule has 0 spiro atoms. The number of ether oxygens (including phenoxy) is 2. The van der Waals surface area contributed by atoms with Crippen molar-refractivity contribution in [3.05, 3.63) is 59.7 Å². The monoisotopic (exact) mass is 320 g/mol. The van der Waals surface area contributed by atoms with Crippen LogP contribution < -0.4 is 9.47 Å². The van der Waals surface area contributed by atoms with E-state index in [1.165, 1.54) is 0 Å². The summed E-state index contributed by atoms with van der Waals surface area (Å²) in [6, 6.07) is 15.5. The molecule has 1 N–H and O–H groups in total. The third-order valence-corrected chi connectivity index (χ3v) is 3.50. The standard InChI is InChI=1S/C18H21ClO3/c19-10-4-5-11-21-18-9-8-17(12-16(18)13-20)22-14-15-6-2-1-3-7-15/h1-3,6-9,12,20H,4-5,10-11,13-14H2. The van der Waals surface area contributed by atoms with E-state index in [1.54, 1.807) is 0 Å². The highest BCUT2D eigenvalue weighted by Gasteiger charge is 2.06. The van der Waals surface area contributed by atoms with Crippen molar-refractivity contribution in [2.75, 3.05) is 12.5 Å². The van der Waals surface area contributed by atoms with Gasteiger partial charge in [0.1, 0.15) is 18.1 Å². The largest absolute Gasteiger partial charge is 0.493 e. The Morgan fingerprint density at radius 3 is 2.50 bits per heavy atom. The minimum Gasteiger partial charge on any atom is -0.493 e. The first-order valence-corrected chi connectivity index (χ1v) is 7.96. The van der Waals surface area contributed by atoms with E-state index in [4.69, 9.17) is 21.1 Å². The van der Waals surface area contributed by atoms with E-state index in [0.717, 1.165) is 29.7 Å². The fraction of sp³-hybridized carbons (Fsp3) is 0.333. The Morgan fingerprint density at radius 1 is 0.955 bits per heavy atom. The maximum Gasteiger partial charge on any atom is 0.125 e. The smallest absolute Gasteiger partial charge is 0.125 e. The molecule has 0 aliphatic heterocycles. The third kappa shape index (κ3) is 5.24. The van der Waals surface area contributed by atoms with Gasteiger partial charge in [0, 0.05) is 11.4 Å². The molecule has 0 unspecified atom stereocenters. The number of hydrogen-bond acceptors (Lipinski definition) is 3. The van der Waals surface area contributed by atoms with E-state index < -0.39 is 0 Å². The summed E-state index contributed by atoms with van der Waals surface area (Å²) in [5.74, 6) is 2.06. The highest BCUT2D eigenvalue weighted by molar-refractivity contribution is 6.17. The molecule has 2 aromatic rings. The van der Waals surface area contributed by atoms with Crippen molar-refractivity contribution < 1.29 is 14.6 Å². The fourth-order valence-electron chi connectivity index (χ4n) is 2.03. The van der Waals surface area contributed by atoms with Gasteiger partial charge in [-0.25, -0.2) is 0 Å². The fourth-order valence-corrected chi connectivity index (χ4v) is 2.22. The van der Waals surface area contributed by atoms with Gasteiger partial charge in [-0.2, -0.15) is 0 Å². The Balaban J connectivity index is 1.93.